The maximum Gasteiger partial charge on any atom is 0.273 e. The molecular formula is C15H21N3O2. The molecule has 1 aliphatic heterocycles. The Balaban J connectivity index is 1.23. The second-order valence-electron chi connectivity index (χ2n) is 6.66. The van der Waals surface area contributed by atoms with Crippen LogP contribution in [-0.4, -0.2) is 30.2 Å². The second kappa shape index (κ2) is 4.88. The molecule has 0 spiro atoms. The summed E-state index contributed by atoms with van der Waals surface area (Å²) in [6, 6.07) is 2.14. The van der Waals surface area contributed by atoms with E-state index in [2.05, 4.69) is 15.8 Å². The molecule has 2 N–H and O–H groups in total. The molecule has 0 radical (unpaired) electrons. The highest BCUT2D eigenvalue weighted by atomic mass is 16.5. The SMILES string of the molecule is O=C(NC1CC(CC2CNC2)C1)c1cc(C2CC2)on1. The zero-order chi connectivity index (χ0) is 13.5. The molecule has 2 heterocycles. The van der Waals surface area contributed by atoms with Gasteiger partial charge in [-0.15, -0.1) is 0 Å². The maximum atomic E-state index is 12.1. The largest absolute Gasteiger partial charge is 0.360 e. The van der Waals surface area contributed by atoms with Gasteiger partial charge in [0.15, 0.2) is 5.69 Å². The number of hydrogen-bond acceptors (Lipinski definition) is 4. The fourth-order valence-electron chi connectivity index (χ4n) is 3.25. The highest BCUT2D eigenvalue weighted by Crippen LogP contribution is 2.40. The average Bonchev–Trinajstić information content (AvgIpc) is 3.07. The summed E-state index contributed by atoms with van der Waals surface area (Å²) in [6.45, 7) is 2.35. The lowest BCUT2D eigenvalue weighted by Crippen LogP contribution is -2.48. The third-order valence-electron chi connectivity index (χ3n) is 4.84. The first-order chi connectivity index (χ1) is 9.78. The van der Waals surface area contributed by atoms with Crippen LogP contribution >= 0.6 is 0 Å². The lowest BCUT2D eigenvalue weighted by Gasteiger charge is -2.40. The average molecular weight is 275 g/mol. The summed E-state index contributed by atoms with van der Waals surface area (Å²) in [5, 5.41) is 10.3. The van der Waals surface area contributed by atoms with Crippen molar-refractivity contribution in [1.82, 2.24) is 15.8 Å². The van der Waals surface area contributed by atoms with E-state index in [4.69, 9.17) is 4.52 Å². The molecule has 0 atom stereocenters. The van der Waals surface area contributed by atoms with Crippen LogP contribution in [0.15, 0.2) is 10.6 Å². The Labute approximate surface area is 118 Å². The highest BCUT2D eigenvalue weighted by molar-refractivity contribution is 5.92. The summed E-state index contributed by atoms with van der Waals surface area (Å²) in [4.78, 5) is 12.1. The van der Waals surface area contributed by atoms with Crippen LogP contribution in [0.25, 0.3) is 0 Å². The van der Waals surface area contributed by atoms with Crippen molar-refractivity contribution < 1.29 is 9.32 Å². The number of amides is 1. The monoisotopic (exact) mass is 275 g/mol. The van der Waals surface area contributed by atoms with Crippen molar-refractivity contribution in [1.29, 1.82) is 0 Å². The molecule has 5 nitrogen and oxygen atoms in total. The molecule has 2 aliphatic carbocycles. The van der Waals surface area contributed by atoms with Gasteiger partial charge in [0.1, 0.15) is 5.76 Å². The van der Waals surface area contributed by atoms with Gasteiger partial charge < -0.3 is 15.2 Å². The molecule has 20 heavy (non-hydrogen) atoms. The standard InChI is InChI=1S/C15H21N3O2/c19-15(13-6-14(20-18-13)11-1-2-11)17-12-4-9(5-12)3-10-7-16-8-10/h6,9-12,16H,1-5,7-8H2,(H,17,19). The summed E-state index contributed by atoms with van der Waals surface area (Å²) < 4.78 is 5.22. The van der Waals surface area contributed by atoms with Crippen LogP contribution in [-0.2, 0) is 0 Å². The van der Waals surface area contributed by atoms with Crippen LogP contribution in [0.3, 0.4) is 0 Å². The fourth-order valence-corrected chi connectivity index (χ4v) is 3.25. The molecule has 4 rings (SSSR count). The summed E-state index contributed by atoms with van der Waals surface area (Å²) in [5.74, 6) is 2.97. The molecule has 1 aromatic rings. The van der Waals surface area contributed by atoms with Gasteiger partial charge in [0.25, 0.3) is 5.91 Å². The predicted molar refractivity (Wildman–Crippen MR) is 73.4 cm³/mol. The minimum absolute atomic E-state index is 0.0746. The first-order valence-corrected chi connectivity index (χ1v) is 7.76. The molecular weight excluding hydrogens is 254 g/mol. The Morgan fingerprint density at radius 1 is 1.35 bits per heavy atom. The lowest BCUT2D eigenvalue weighted by atomic mass is 9.74. The molecule has 5 heteroatoms. The van der Waals surface area contributed by atoms with Gasteiger partial charge in [-0.05, 0) is 57.0 Å². The third-order valence-corrected chi connectivity index (χ3v) is 4.84. The first kappa shape index (κ1) is 12.4. The van der Waals surface area contributed by atoms with Crippen molar-refractivity contribution in [2.45, 2.75) is 44.1 Å². The molecule has 108 valence electrons. The van der Waals surface area contributed by atoms with Gasteiger partial charge in [-0.1, -0.05) is 5.16 Å². The minimum atomic E-state index is -0.0746. The Hall–Kier alpha value is -1.36. The van der Waals surface area contributed by atoms with E-state index < -0.39 is 0 Å². The Morgan fingerprint density at radius 3 is 2.80 bits per heavy atom. The smallest absolute Gasteiger partial charge is 0.273 e. The predicted octanol–water partition coefficient (Wildman–Crippen LogP) is 1.67. The molecule has 2 saturated carbocycles. The van der Waals surface area contributed by atoms with Gasteiger partial charge in [0, 0.05) is 18.0 Å². The topological polar surface area (TPSA) is 67.2 Å². The zero-order valence-corrected chi connectivity index (χ0v) is 11.6. The van der Waals surface area contributed by atoms with E-state index in [1.165, 1.54) is 19.5 Å². The Bertz CT molecular complexity index is 499. The second-order valence-corrected chi connectivity index (χ2v) is 6.66. The van der Waals surface area contributed by atoms with Crippen molar-refractivity contribution in [3.8, 4) is 0 Å². The summed E-state index contributed by atoms with van der Waals surface area (Å²) in [7, 11) is 0. The van der Waals surface area contributed by atoms with Crippen LogP contribution in [0.1, 0.15) is 54.3 Å². The van der Waals surface area contributed by atoms with Gasteiger partial charge >= 0.3 is 0 Å². The van der Waals surface area contributed by atoms with Gasteiger partial charge in [-0.3, -0.25) is 4.79 Å². The number of hydrogen-bond donors (Lipinski definition) is 2. The van der Waals surface area contributed by atoms with Crippen molar-refractivity contribution >= 4 is 5.91 Å². The van der Waals surface area contributed by atoms with E-state index in [0.717, 1.165) is 43.3 Å². The quantitative estimate of drug-likeness (QED) is 0.858. The van der Waals surface area contributed by atoms with Crippen LogP contribution in [0.2, 0.25) is 0 Å². The van der Waals surface area contributed by atoms with E-state index >= 15 is 0 Å². The molecule has 0 unspecified atom stereocenters. The van der Waals surface area contributed by atoms with E-state index in [-0.39, 0.29) is 5.91 Å². The molecule has 3 aliphatic rings. The van der Waals surface area contributed by atoms with E-state index in [0.29, 0.717) is 17.7 Å². The molecule has 0 aromatic carbocycles. The van der Waals surface area contributed by atoms with E-state index in [9.17, 15) is 4.79 Å². The normalized spacial score (nSPS) is 29.6. The third kappa shape index (κ3) is 2.46. The summed E-state index contributed by atoms with van der Waals surface area (Å²) in [5.41, 5.74) is 0.443. The van der Waals surface area contributed by atoms with Crippen LogP contribution < -0.4 is 10.6 Å². The molecule has 0 bridgehead atoms. The van der Waals surface area contributed by atoms with Crippen molar-refractivity contribution in [2.75, 3.05) is 13.1 Å². The van der Waals surface area contributed by atoms with Crippen molar-refractivity contribution in [3.05, 3.63) is 17.5 Å². The number of nitrogens with one attached hydrogen (secondary N) is 2. The van der Waals surface area contributed by atoms with Crippen LogP contribution in [0, 0.1) is 11.8 Å². The van der Waals surface area contributed by atoms with Crippen LogP contribution in [0.4, 0.5) is 0 Å². The number of carbonyl (C=O) groups is 1. The van der Waals surface area contributed by atoms with E-state index in [1.807, 2.05) is 6.07 Å². The van der Waals surface area contributed by atoms with Gasteiger partial charge in [-0.25, -0.2) is 0 Å². The summed E-state index contributed by atoms with van der Waals surface area (Å²) >= 11 is 0. The fraction of sp³-hybridized carbons (Fsp3) is 0.733. The van der Waals surface area contributed by atoms with E-state index in [1.54, 1.807) is 0 Å². The van der Waals surface area contributed by atoms with Crippen molar-refractivity contribution in [2.24, 2.45) is 11.8 Å². The summed E-state index contributed by atoms with van der Waals surface area (Å²) in [6.07, 6.45) is 5.88. The number of carbonyl (C=O) groups excluding carboxylic acids is 1. The zero-order valence-electron chi connectivity index (χ0n) is 11.6. The number of rotatable bonds is 5. The molecule has 1 aromatic heterocycles. The Kier molecular flexibility index (Phi) is 3.02. The maximum absolute atomic E-state index is 12.1. The molecule has 1 amide bonds. The van der Waals surface area contributed by atoms with Gasteiger partial charge in [-0.2, -0.15) is 0 Å². The number of nitrogens with zero attached hydrogens (tertiary/aromatic N) is 1. The van der Waals surface area contributed by atoms with Crippen molar-refractivity contribution in [3.63, 3.8) is 0 Å². The first-order valence-electron chi connectivity index (χ1n) is 7.76. The van der Waals surface area contributed by atoms with Gasteiger partial charge in [0.2, 0.25) is 0 Å². The van der Waals surface area contributed by atoms with Crippen LogP contribution in [0.5, 0.6) is 0 Å². The lowest BCUT2D eigenvalue weighted by molar-refractivity contribution is 0.0859. The molecule has 3 fully saturated rings. The Morgan fingerprint density at radius 2 is 2.15 bits per heavy atom. The number of aromatic nitrogens is 1. The molecule has 1 saturated heterocycles. The van der Waals surface area contributed by atoms with Gasteiger partial charge in [0.05, 0.1) is 0 Å². The highest BCUT2D eigenvalue weighted by Gasteiger charge is 2.34. The minimum Gasteiger partial charge on any atom is -0.360 e.